The summed E-state index contributed by atoms with van der Waals surface area (Å²) in [6.45, 7) is 0.916. The van der Waals surface area contributed by atoms with Crippen LogP contribution < -0.4 is 11.1 Å². The number of allylic oxidation sites excluding steroid dienone is 2. The van der Waals surface area contributed by atoms with Gasteiger partial charge in [-0.1, -0.05) is 24.3 Å². The number of benzene rings is 1. The van der Waals surface area contributed by atoms with E-state index in [1.807, 2.05) is 24.3 Å². The minimum absolute atomic E-state index is 0.000305. The van der Waals surface area contributed by atoms with Crippen molar-refractivity contribution in [1.82, 2.24) is 5.32 Å². The van der Waals surface area contributed by atoms with Crippen molar-refractivity contribution in [1.29, 1.82) is 5.41 Å². The summed E-state index contributed by atoms with van der Waals surface area (Å²) < 4.78 is 20.0. The van der Waals surface area contributed by atoms with Gasteiger partial charge in [-0.25, -0.2) is 4.39 Å². The van der Waals surface area contributed by atoms with Crippen molar-refractivity contribution in [3.8, 4) is 0 Å². The number of rotatable bonds is 6. The summed E-state index contributed by atoms with van der Waals surface area (Å²) in [5, 5.41) is 11.2. The number of Topliss-reactive ketones (excluding diaryl/α,β-unsaturated/α-hetero) is 1. The first-order valence-corrected chi connectivity index (χ1v) is 8.78. The summed E-state index contributed by atoms with van der Waals surface area (Å²) in [6.07, 6.45) is 3.06. The second-order valence-electron chi connectivity index (χ2n) is 7.19. The van der Waals surface area contributed by atoms with Crippen LogP contribution in [-0.4, -0.2) is 30.2 Å². The van der Waals surface area contributed by atoms with Crippen molar-refractivity contribution in [3.63, 3.8) is 0 Å². The zero-order valence-electron chi connectivity index (χ0n) is 13.9. The third-order valence-corrected chi connectivity index (χ3v) is 5.27. The molecule has 6 heteroatoms. The maximum atomic E-state index is 14.1. The molecule has 2 bridgehead atoms. The van der Waals surface area contributed by atoms with Gasteiger partial charge in [0.2, 0.25) is 0 Å². The van der Waals surface area contributed by atoms with Crippen LogP contribution in [0.25, 0.3) is 0 Å². The molecule has 1 aliphatic carbocycles. The fourth-order valence-corrected chi connectivity index (χ4v) is 3.62. The molecule has 25 heavy (non-hydrogen) atoms. The molecule has 3 aliphatic rings. The summed E-state index contributed by atoms with van der Waals surface area (Å²) in [6, 6.07) is 7.95. The van der Waals surface area contributed by atoms with Gasteiger partial charge >= 0.3 is 0 Å². The molecule has 0 amide bonds. The SMILES string of the molecule is N=C(C(=O)Cc1ccc([C@@H]2O[C@H]3CN[C@@H]2C3)cc1)C(F)=C(N)C1CC1. The molecule has 3 atom stereocenters. The van der Waals surface area contributed by atoms with Gasteiger partial charge in [0.15, 0.2) is 11.6 Å². The molecule has 132 valence electrons. The van der Waals surface area contributed by atoms with E-state index < -0.39 is 17.3 Å². The Balaban J connectivity index is 1.40. The number of ether oxygens (including phenoxy) is 1. The topological polar surface area (TPSA) is 88.2 Å². The quantitative estimate of drug-likeness (QED) is 0.691. The normalized spacial score (nSPS) is 28.8. The number of carbonyl (C=O) groups is 1. The van der Waals surface area contributed by atoms with Gasteiger partial charge in [0, 0.05) is 30.6 Å². The van der Waals surface area contributed by atoms with Crippen molar-refractivity contribution < 1.29 is 13.9 Å². The highest BCUT2D eigenvalue weighted by molar-refractivity contribution is 6.44. The Morgan fingerprint density at radius 3 is 2.60 bits per heavy atom. The number of carbonyl (C=O) groups excluding carboxylic acids is 1. The lowest BCUT2D eigenvalue weighted by Gasteiger charge is -2.23. The third kappa shape index (κ3) is 3.24. The van der Waals surface area contributed by atoms with Crippen LogP contribution >= 0.6 is 0 Å². The molecule has 5 nitrogen and oxygen atoms in total. The van der Waals surface area contributed by atoms with E-state index in [0.29, 0.717) is 12.1 Å². The van der Waals surface area contributed by atoms with E-state index in [2.05, 4.69) is 5.32 Å². The van der Waals surface area contributed by atoms with E-state index in [0.717, 1.165) is 36.9 Å². The number of nitrogens with one attached hydrogen (secondary N) is 2. The Bertz CT molecular complexity index is 740. The summed E-state index contributed by atoms with van der Waals surface area (Å²) in [7, 11) is 0. The summed E-state index contributed by atoms with van der Waals surface area (Å²) in [5.74, 6) is -1.40. The average molecular weight is 343 g/mol. The van der Waals surface area contributed by atoms with Crippen LogP contribution in [0.1, 0.15) is 36.5 Å². The lowest BCUT2D eigenvalue weighted by atomic mass is 9.99. The molecule has 0 aromatic heterocycles. The Labute approximate surface area is 145 Å². The smallest absolute Gasteiger partial charge is 0.187 e. The highest BCUT2D eigenvalue weighted by atomic mass is 19.1. The molecule has 0 spiro atoms. The zero-order valence-corrected chi connectivity index (χ0v) is 13.9. The highest BCUT2D eigenvalue weighted by Gasteiger charge is 2.41. The van der Waals surface area contributed by atoms with Crippen molar-refractivity contribution >= 4 is 11.5 Å². The van der Waals surface area contributed by atoms with Crippen molar-refractivity contribution in [3.05, 3.63) is 46.9 Å². The van der Waals surface area contributed by atoms with Gasteiger partial charge in [0.25, 0.3) is 0 Å². The van der Waals surface area contributed by atoms with E-state index in [-0.39, 0.29) is 24.1 Å². The Hall–Kier alpha value is -2.05. The van der Waals surface area contributed by atoms with E-state index in [9.17, 15) is 9.18 Å². The molecular formula is C19H22FN3O2. The van der Waals surface area contributed by atoms with Crippen LogP contribution in [-0.2, 0) is 16.0 Å². The highest BCUT2D eigenvalue weighted by Crippen LogP contribution is 2.37. The lowest BCUT2D eigenvalue weighted by molar-refractivity contribution is -0.112. The average Bonchev–Trinajstić information content (AvgIpc) is 3.27. The molecule has 0 radical (unpaired) electrons. The van der Waals surface area contributed by atoms with Crippen LogP contribution in [0, 0.1) is 11.3 Å². The molecule has 2 aliphatic heterocycles. The molecule has 3 fully saturated rings. The number of hydrogen-bond donors (Lipinski definition) is 3. The van der Waals surface area contributed by atoms with Gasteiger partial charge in [-0.2, -0.15) is 0 Å². The maximum Gasteiger partial charge on any atom is 0.187 e. The third-order valence-electron chi connectivity index (χ3n) is 5.27. The van der Waals surface area contributed by atoms with Gasteiger partial charge in [0.1, 0.15) is 5.71 Å². The first-order chi connectivity index (χ1) is 12.0. The molecule has 0 unspecified atom stereocenters. The van der Waals surface area contributed by atoms with Crippen molar-refractivity contribution in [2.24, 2.45) is 11.7 Å². The van der Waals surface area contributed by atoms with Crippen LogP contribution in [0.4, 0.5) is 4.39 Å². The number of morpholine rings is 1. The lowest BCUT2D eigenvalue weighted by Crippen LogP contribution is -2.33. The molecule has 1 aromatic rings. The predicted octanol–water partition coefficient (Wildman–Crippen LogP) is 2.17. The van der Waals surface area contributed by atoms with Crippen LogP contribution in [0.3, 0.4) is 0 Å². The maximum absolute atomic E-state index is 14.1. The van der Waals surface area contributed by atoms with Crippen molar-refractivity contribution in [2.45, 2.75) is 43.9 Å². The minimum atomic E-state index is -0.856. The monoisotopic (exact) mass is 343 g/mol. The number of hydrogen-bond acceptors (Lipinski definition) is 5. The van der Waals surface area contributed by atoms with Crippen LogP contribution in [0.2, 0.25) is 0 Å². The van der Waals surface area contributed by atoms with E-state index in [1.54, 1.807) is 0 Å². The Kier molecular flexibility index (Phi) is 4.17. The Morgan fingerprint density at radius 2 is 2.04 bits per heavy atom. The zero-order chi connectivity index (χ0) is 17.6. The first kappa shape index (κ1) is 16.4. The fourth-order valence-electron chi connectivity index (χ4n) is 3.62. The fraction of sp³-hybridized carbons (Fsp3) is 0.474. The molecule has 1 saturated carbocycles. The molecule has 4 N–H and O–H groups in total. The molecule has 2 saturated heterocycles. The first-order valence-electron chi connectivity index (χ1n) is 8.78. The largest absolute Gasteiger partial charge is 0.399 e. The van der Waals surface area contributed by atoms with E-state index in [1.165, 1.54) is 0 Å². The summed E-state index contributed by atoms with van der Waals surface area (Å²) >= 11 is 0. The van der Waals surface area contributed by atoms with Gasteiger partial charge < -0.3 is 15.8 Å². The minimum Gasteiger partial charge on any atom is -0.399 e. The second-order valence-corrected chi connectivity index (χ2v) is 7.19. The number of halogens is 1. The Morgan fingerprint density at radius 1 is 1.32 bits per heavy atom. The number of nitrogens with two attached hydrogens (primary N) is 1. The van der Waals surface area contributed by atoms with Gasteiger partial charge in [-0.05, 0) is 30.4 Å². The molecule has 1 aromatic carbocycles. The molecular weight excluding hydrogens is 321 g/mol. The van der Waals surface area contributed by atoms with Crippen molar-refractivity contribution in [2.75, 3.05) is 6.54 Å². The van der Waals surface area contributed by atoms with Gasteiger partial charge in [-0.15, -0.1) is 0 Å². The molecule has 2 heterocycles. The molecule has 4 rings (SSSR count). The number of ketones is 1. The number of fused-ring (bicyclic) bond motifs is 2. The van der Waals surface area contributed by atoms with E-state index >= 15 is 0 Å². The second kappa shape index (κ2) is 6.35. The van der Waals surface area contributed by atoms with Gasteiger partial charge in [-0.3, -0.25) is 10.2 Å². The van der Waals surface area contributed by atoms with Crippen LogP contribution in [0.5, 0.6) is 0 Å². The standard InChI is InChI=1S/C19H22FN3O2/c20-16(17(21)11-5-6-11)18(22)15(24)7-10-1-3-12(4-2-10)19-14-8-13(25-19)9-23-14/h1-4,11,13-14,19,22-23H,5-9,21H2/t13-,14-,19+/m1/s1. The van der Waals surface area contributed by atoms with Gasteiger partial charge in [0.05, 0.1) is 12.2 Å². The summed E-state index contributed by atoms with van der Waals surface area (Å²) in [5.41, 5.74) is 6.94. The van der Waals surface area contributed by atoms with Crippen LogP contribution in [0.15, 0.2) is 35.8 Å². The summed E-state index contributed by atoms with van der Waals surface area (Å²) in [4.78, 5) is 12.2. The van der Waals surface area contributed by atoms with E-state index in [4.69, 9.17) is 15.9 Å². The predicted molar refractivity (Wildman–Crippen MR) is 91.9 cm³/mol.